The van der Waals surface area contributed by atoms with Crippen LogP contribution >= 0.6 is 0 Å². The molecule has 0 spiro atoms. The molecule has 16 heavy (non-hydrogen) atoms. The molecule has 0 amide bonds. The van der Waals surface area contributed by atoms with Crippen molar-refractivity contribution in [2.24, 2.45) is 0 Å². The highest BCUT2D eigenvalue weighted by Gasteiger charge is 2.07. The molecule has 0 aliphatic rings. The maximum atomic E-state index is 13.2. The van der Waals surface area contributed by atoms with E-state index in [0.29, 0.717) is 5.56 Å². The van der Waals surface area contributed by atoms with Crippen molar-refractivity contribution in [3.8, 4) is 11.1 Å². The zero-order valence-electron chi connectivity index (χ0n) is 8.91. The molecule has 0 atom stereocenters. The van der Waals surface area contributed by atoms with Crippen LogP contribution in [0.2, 0.25) is 0 Å². The van der Waals surface area contributed by atoms with E-state index < -0.39 is 0 Å². The molecule has 80 valence electrons. The molecule has 0 aliphatic heterocycles. The van der Waals surface area contributed by atoms with Gasteiger partial charge in [0.2, 0.25) is 0 Å². The number of aldehydes is 1. The molecule has 0 N–H and O–H groups in total. The third kappa shape index (κ3) is 1.87. The lowest BCUT2D eigenvalue weighted by molar-refractivity contribution is 0.112. The molecule has 0 saturated carbocycles. The average Bonchev–Trinajstić information content (AvgIpc) is 2.32. The molecule has 0 radical (unpaired) electrons. The number of aryl methyl sites for hydroxylation is 1. The van der Waals surface area contributed by atoms with Crippen LogP contribution in [0, 0.1) is 12.7 Å². The second-order valence-electron chi connectivity index (χ2n) is 3.66. The van der Waals surface area contributed by atoms with Crippen LogP contribution in [0.25, 0.3) is 11.1 Å². The molecule has 0 unspecified atom stereocenters. The Labute approximate surface area is 93.5 Å². The van der Waals surface area contributed by atoms with Crippen LogP contribution in [0.5, 0.6) is 0 Å². The van der Waals surface area contributed by atoms with E-state index in [4.69, 9.17) is 0 Å². The van der Waals surface area contributed by atoms with Crippen molar-refractivity contribution in [3.05, 3.63) is 59.4 Å². The molecule has 0 fully saturated rings. The van der Waals surface area contributed by atoms with Crippen LogP contribution < -0.4 is 0 Å². The summed E-state index contributed by atoms with van der Waals surface area (Å²) in [5.41, 5.74) is 3.07. The molecule has 0 bridgehead atoms. The predicted molar refractivity (Wildman–Crippen MR) is 62.0 cm³/mol. The van der Waals surface area contributed by atoms with E-state index in [1.165, 1.54) is 12.1 Å². The number of carbonyl (C=O) groups excluding carboxylic acids is 1. The normalized spacial score (nSPS) is 10.1. The van der Waals surface area contributed by atoms with Gasteiger partial charge in [0.1, 0.15) is 5.82 Å². The van der Waals surface area contributed by atoms with Gasteiger partial charge in [0.25, 0.3) is 0 Å². The van der Waals surface area contributed by atoms with Crippen molar-refractivity contribution < 1.29 is 9.18 Å². The van der Waals surface area contributed by atoms with Crippen molar-refractivity contribution >= 4 is 6.29 Å². The van der Waals surface area contributed by atoms with Crippen molar-refractivity contribution in [2.45, 2.75) is 6.92 Å². The predicted octanol–water partition coefficient (Wildman–Crippen LogP) is 3.61. The molecule has 1 nitrogen and oxygen atoms in total. The molecule has 2 rings (SSSR count). The van der Waals surface area contributed by atoms with Crippen molar-refractivity contribution in [1.82, 2.24) is 0 Å². The molecule has 2 aromatic rings. The van der Waals surface area contributed by atoms with E-state index >= 15 is 0 Å². The summed E-state index contributed by atoms with van der Waals surface area (Å²) >= 11 is 0. The Morgan fingerprint density at radius 1 is 1.06 bits per heavy atom. The standard InChI is InChI=1S/C14H11FO/c1-10-6-7-12(15)8-14(10)13-5-3-2-4-11(13)9-16/h2-9H,1H3. The lowest BCUT2D eigenvalue weighted by Crippen LogP contribution is -1.90. The van der Waals surface area contributed by atoms with E-state index in [9.17, 15) is 9.18 Å². The Bertz CT molecular complexity index is 532. The SMILES string of the molecule is Cc1ccc(F)cc1-c1ccccc1C=O. The third-order valence-electron chi connectivity index (χ3n) is 2.58. The van der Waals surface area contributed by atoms with Crippen LogP contribution in [-0.2, 0) is 0 Å². The summed E-state index contributed by atoms with van der Waals surface area (Å²) in [6.45, 7) is 1.90. The molecular weight excluding hydrogens is 203 g/mol. The van der Waals surface area contributed by atoms with Crippen molar-refractivity contribution in [2.75, 3.05) is 0 Å². The van der Waals surface area contributed by atoms with Gasteiger partial charge in [-0.1, -0.05) is 30.3 Å². The van der Waals surface area contributed by atoms with Crippen LogP contribution in [0.4, 0.5) is 4.39 Å². The Morgan fingerprint density at radius 3 is 2.56 bits per heavy atom. The average molecular weight is 214 g/mol. The number of hydrogen-bond donors (Lipinski definition) is 0. The second-order valence-corrected chi connectivity index (χ2v) is 3.66. The second kappa shape index (κ2) is 4.27. The highest BCUT2D eigenvalue weighted by molar-refractivity contribution is 5.88. The van der Waals surface area contributed by atoms with E-state index in [-0.39, 0.29) is 5.82 Å². The summed E-state index contributed by atoms with van der Waals surface area (Å²) in [5.74, 6) is -0.290. The van der Waals surface area contributed by atoms with Gasteiger partial charge in [-0.15, -0.1) is 0 Å². The first-order valence-corrected chi connectivity index (χ1v) is 5.03. The fourth-order valence-corrected chi connectivity index (χ4v) is 1.73. The third-order valence-corrected chi connectivity index (χ3v) is 2.58. The maximum Gasteiger partial charge on any atom is 0.150 e. The molecule has 0 saturated heterocycles. The summed E-state index contributed by atoms with van der Waals surface area (Å²) in [5, 5.41) is 0. The monoisotopic (exact) mass is 214 g/mol. The molecule has 2 aromatic carbocycles. The van der Waals surface area contributed by atoms with Gasteiger partial charge in [0.15, 0.2) is 6.29 Å². The van der Waals surface area contributed by atoms with Gasteiger partial charge in [-0.05, 0) is 35.7 Å². The molecule has 2 heteroatoms. The summed E-state index contributed by atoms with van der Waals surface area (Å²) in [6.07, 6.45) is 0.791. The lowest BCUT2D eigenvalue weighted by Gasteiger charge is -2.08. The topological polar surface area (TPSA) is 17.1 Å². The van der Waals surface area contributed by atoms with Crippen LogP contribution in [0.1, 0.15) is 15.9 Å². The van der Waals surface area contributed by atoms with Gasteiger partial charge in [-0.25, -0.2) is 4.39 Å². The van der Waals surface area contributed by atoms with E-state index in [2.05, 4.69) is 0 Å². The fourth-order valence-electron chi connectivity index (χ4n) is 1.73. The minimum atomic E-state index is -0.290. The lowest BCUT2D eigenvalue weighted by atomic mass is 9.96. The minimum Gasteiger partial charge on any atom is -0.298 e. The van der Waals surface area contributed by atoms with Crippen LogP contribution in [0.3, 0.4) is 0 Å². The first kappa shape index (κ1) is 10.6. The molecule has 0 aliphatic carbocycles. The summed E-state index contributed by atoms with van der Waals surface area (Å²) in [6, 6.07) is 11.8. The van der Waals surface area contributed by atoms with E-state index in [1.54, 1.807) is 18.2 Å². The number of benzene rings is 2. The Morgan fingerprint density at radius 2 is 1.81 bits per heavy atom. The molecule has 0 heterocycles. The molecular formula is C14H11FO. The van der Waals surface area contributed by atoms with E-state index in [1.807, 2.05) is 19.1 Å². The zero-order valence-corrected chi connectivity index (χ0v) is 8.91. The van der Waals surface area contributed by atoms with Crippen LogP contribution in [-0.4, -0.2) is 6.29 Å². The maximum absolute atomic E-state index is 13.2. The quantitative estimate of drug-likeness (QED) is 0.698. The van der Waals surface area contributed by atoms with Gasteiger partial charge < -0.3 is 0 Å². The van der Waals surface area contributed by atoms with Crippen molar-refractivity contribution in [3.63, 3.8) is 0 Å². The summed E-state index contributed by atoms with van der Waals surface area (Å²) < 4.78 is 13.2. The Hall–Kier alpha value is -1.96. The van der Waals surface area contributed by atoms with Crippen molar-refractivity contribution in [1.29, 1.82) is 0 Å². The highest BCUT2D eigenvalue weighted by Crippen LogP contribution is 2.26. The van der Waals surface area contributed by atoms with Gasteiger partial charge in [0, 0.05) is 5.56 Å². The van der Waals surface area contributed by atoms with Gasteiger partial charge in [-0.3, -0.25) is 4.79 Å². The zero-order chi connectivity index (χ0) is 11.5. The molecule has 0 aromatic heterocycles. The number of halogens is 1. The Balaban J connectivity index is 2.66. The van der Waals surface area contributed by atoms with E-state index in [0.717, 1.165) is 23.0 Å². The van der Waals surface area contributed by atoms with Gasteiger partial charge in [0.05, 0.1) is 0 Å². The Kier molecular flexibility index (Phi) is 2.82. The number of carbonyl (C=O) groups is 1. The smallest absolute Gasteiger partial charge is 0.150 e. The first-order valence-electron chi connectivity index (χ1n) is 5.03. The summed E-state index contributed by atoms with van der Waals surface area (Å²) in [7, 11) is 0. The largest absolute Gasteiger partial charge is 0.298 e. The van der Waals surface area contributed by atoms with Crippen LogP contribution in [0.15, 0.2) is 42.5 Å². The first-order chi connectivity index (χ1) is 7.72. The number of hydrogen-bond acceptors (Lipinski definition) is 1. The number of rotatable bonds is 2. The van der Waals surface area contributed by atoms with Gasteiger partial charge in [-0.2, -0.15) is 0 Å². The fraction of sp³-hybridized carbons (Fsp3) is 0.0714. The van der Waals surface area contributed by atoms with Gasteiger partial charge >= 0.3 is 0 Å². The minimum absolute atomic E-state index is 0.290. The summed E-state index contributed by atoms with van der Waals surface area (Å²) in [4.78, 5) is 10.9. The highest BCUT2D eigenvalue weighted by atomic mass is 19.1.